The zero-order valence-corrected chi connectivity index (χ0v) is 25.0. The van der Waals surface area contributed by atoms with Crippen LogP contribution in [0.4, 0.5) is 0 Å². The zero-order valence-electron chi connectivity index (χ0n) is 24.0. The van der Waals surface area contributed by atoms with E-state index in [-0.39, 0.29) is 0 Å². The first-order chi connectivity index (χ1) is 17.0. The van der Waals surface area contributed by atoms with Crippen molar-refractivity contribution < 1.29 is 4.57 Å². The lowest BCUT2D eigenvalue weighted by Crippen LogP contribution is -2.44. The summed E-state index contributed by atoms with van der Waals surface area (Å²) in [6.07, 6.45) is 13.3. The monoisotopic (exact) mass is 498 g/mol. The van der Waals surface area contributed by atoms with Crippen LogP contribution in [0.15, 0.2) is 42.6 Å². The molecule has 0 bridgehead atoms. The van der Waals surface area contributed by atoms with Crippen LogP contribution in [0.2, 0.25) is 19.1 Å². The lowest BCUT2D eigenvalue weighted by molar-refractivity contribution is -0.659. The maximum absolute atomic E-state index is 2.63. The van der Waals surface area contributed by atoms with Crippen molar-refractivity contribution in [3.05, 3.63) is 59.3 Å². The molecule has 2 aliphatic rings. The van der Waals surface area contributed by atoms with Crippen molar-refractivity contribution in [3.8, 4) is 11.3 Å². The van der Waals surface area contributed by atoms with Crippen molar-refractivity contribution in [1.82, 2.24) is 0 Å². The van der Waals surface area contributed by atoms with Crippen LogP contribution in [0.25, 0.3) is 22.0 Å². The maximum atomic E-state index is 2.63. The molecule has 1 nitrogen and oxygen atoms in total. The van der Waals surface area contributed by atoms with Crippen LogP contribution in [-0.2, 0) is 7.05 Å². The topological polar surface area (TPSA) is 3.88 Å². The summed E-state index contributed by atoms with van der Waals surface area (Å²) >= 11 is 0. The molecule has 0 spiro atoms. The van der Waals surface area contributed by atoms with Gasteiger partial charge in [0.25, 0.3) is 0 Å². The average molecular weight is 499 g/mol. The normalized spacial score (nSPS) is 18.0. The van der Waals surface area contributed by atoms with E-state index in [0.29, 0.717) is 5.41 Å². The van der Waals surface area contributed by atoms with E-state index in [1.807, 2.05) is 0 Å². The number of rotatable bonds is 5. The summed E-state index contributed by atoms with van der Waals surface area (Å²) in [6, 6.07) is 16.3. The number of aromatic nitrogens is 1. The third-order valence-corrected chi connectivity index (χ3v) is 13.1. The van der Waals surface area contributed by atoms with E-state index in [4.69, 9.17) is 0 Å². The third-order valence-electron chi connectivity index (χ3n) is 9.24. The quantitative estimate of drug-likeness (QED) is 0.244. The van der Waals surface area contributed by atoms with Gasteiger partial charge in [-0.15, -0.1) is 0 Å². The maximum Gasteiger partial charge on any atom is 0.220 e. The van der Waals surface area contributed by atoms with Crippen molar-refractivity contribution in [2.75, 3.05) is 0 Å². The smallest absolute Gasteiger partial charge is 0.200 e. The molecule has 0 radical (unpaired) electrons. The van der Waals surface area contributed by atoms with Crippen LogP contribution >= 0.6 is 0 Å². The summed E-state index contributed by atoms with van der Waals surface area (Å²) in [4.78, 5) is 0. The Morgan fingerprint density at radius 3 is 2.14 bits per heavy atom. The Morgan fingerprint density at radius 2 is 1.50 bits per heavy atom. The molecule has 0 unspecified atom stereocenters. The van der Waals surface area contributed by atoms with Gasteiger partial charge in [0, 0.05) is 6.07 Å². The molecular weight excluding hydrogens is 450 g/mol. The average Bonchev–Trinajstić information content (AvgIpc) is 3.52. The van der Waals surface area contributed by atoms with Crippen molar-refractivity contribution >= 4 is 24.0 Å². The molecule has 1 aromatic heterocycles. The SMILES string of the molecule is Cc1c(-c2c3ccc([Si](C)(C)CC(C)(C)C)cc3cc[n+]2C)cc(C2CCCC2)cc1C1CCCC1. The van der Waals surface area contributed by atoms with Crippen LogP contribution in [0.1, 0.15) is 101 Å². The van der Waals surface area contributed by atoms with Crippen molar-refractivity contribution in [2.24, 2.45) is 12.5 Å². The Morgan fingerprint density at radius 1 is 0.861 bits per heavy atom. The zero-order chi connectivity index (χ0) is 25.7. The fraction of sp³-hybridized carbons (Fsp3) is 0.559. The van der Waals surface area contributed by atoms with Crippen LogP contribution in [0.3, 0.4) is 0 Å². The summed E-state index contributed by atoms with van der Waals surface area (Å²) in [7, 11) is 0.734. The molecule has 5 rings (SSSR count). The minimum atomic E-state index is -1.51. The van der Waals surface area contributed by atoms with E-state index in [9.17, 15) is 0 Å². The van der Waals surface area contributed by atoms with Crippen molar-refractivity contribution in [3.63, 3.8) is 0 Å². The molecule has 2 heteroatoms. The van der Waals surface area contributed by atoms with Crippen LogP contribution in [-0.4, -0.2) is 8.07 Å². The molecule has 2 saturated carbocycles. The van der Waals surface area contributed by atoms with E-state index in [0.717, 1.165) is 11.8 Å². The number of hydrogen-bond acceptors (Lipinski definition) is 0. The summed E-state index contributed by atoms with van der Waals surface area (Å²) in [5.74, 6) is 1.50. The van der Waals surface area contributed by atoms with Gasteiger partial charge in [-0.3, -0.25) is 0 Å². The molecule has 2 fully saturated rings. The highest BCUT2D eigenvalue weighted by Gasteiger charge is 2.31. The molecule has 1 heterocycles. The third kappa shape index (κ3) is 5.08. The van der Waals surface area contributed by atoms with Gasteiger partial charge in [-0.2, -0.15) is 0 Å². The lowest BCUT2D eigenvalue weighted by atomic mass is 9.84. The number of fused-ring (bicyclic) bond motifs is 1. The van der Waals surface area contributed by atoms with E-state index < -0.39 is 8.07 Å². The molecule has 0 atom stereocenters. The number of benzene rings is 2. The molecule has 3 aromatic rings. The number of aryl methyl sites for hydroxylation is 1. The molecule has 192 valence electrons. The largest absolute Gasteiger partial charge is 0.220 e. The molecule has 36 heavy (non-hydrogen) atoms. The summed E-state index contributed by atoms with van der Waals surface area (Å²) in [5.41, 5.74) is 8.05. The first-order valence-corrected chi connectivity index (χ1v) is 17.8. The molecule has 2 aliphatic carbocycles. The Balaban J connectivity index is 1.67. The van der Waals surface area contributed by atoms with E-state index in [1.165, 1.54) is 85.0 Å². The highest BCUT2D eigenvalue weighted by Crippen LogP contribution is 2.43. The van der Waals surface area contributed by atoms with E-state index in [2.05, 4.69) is 95.0 Å². The predicted octanol–water partition coefficient (Wildman–Crippen LogP) is 8.92. The van der Waals surface area contributed by atoms with Crippen molar-refractivity contribution in [1.29, 1.82) is 0 Å². The van der Waals surface area contributed by atoms with Gasteiger partial charge in [-0.1, -0.05) is 82.9 Å². The molecular formula is C34H48NSi+. The number of hydrogen-bond donors (Lipinski definition) is 0. The Hall–Kier alpha value is -1.93. The van der Waals surface area contributed by atoms with Gasteiger partial charge in [0.05, 0.1) is 19.0 Å². The van der Waals surface area contributed by atoms with Crippen LogP contribution in [0, 0.1) is 12.3 Å². The summed E-state index contributed by atoms with van der Waals surface area (Å²) in [6.45, 7) is 14.7. The molecule has 0 saturated heterocycles. The van der Waals surface area contributed by atoms with Gasteiger partial charge >= 0.3 is 0 Å². The van der Waals surface area contributed by atoms with Crippen LogP contribution < -0.4 is 9.75 Å². The van der Waals surface area contributed by atoms with Gasteiger partial charge < -0.3 is 0 Å². The molecule has 0 N–H and O–H groups in total. The van der Waals surface area contributed by atoms with Gasteiger partial charge in [-0.25, -0.2) is 4.57 Å². The first kappa shape index (κ1) is 25.7. The standard InChI is InChI=1S/C34H48NSi/c1-24-31(26-14-10-11-15-26)21-28(25-12-8-9-13-25)22-32(24)33-30-17-16-29(20-27(30)18-19-35(33)5)36(6,7)23-34(2,3)4/h16-22,25-26H,8-15,23H2,1-7H3/q+1. The fourth-order valence-electron chi connectivity index (χ4n) is 7.72. The Labute approximate surface area is 221 Å². The van der Waals surface area contributed by atoms with Gasteiger partial charge in [-0.05, 0) is 90.1 Å². The minimum absolute atomic E-state index is 0.368. The van der Waals surface area contributed by atoms with Crippen LogP contribution in [0.5, 0.6) is 0 Å². The highest BCUT2D eigenvalue weighted by atomic mass is 28.3. The Bertz CT molecular complexity index is 1250. The van der Waals surface area contributed by atoms with Gasteiger partial charge in [0.1, 0.15) is 7.05 Å². The second-order valence-electron chi connectivity index (χ2n) is 13.9. The molecule has 0 amide bonds. The van der Waals surface area contributed by atoms with Crippen molar-refractivity contribution in [2.45, 2.75) is 110 Å². The second kappa shape index (κ2) is 9.75. The summed E-state index contributed by atoms with van der Waals surface area (Å²) in [5, 5.41) is 4.41. The van der Waals surface area contributed by atoms with E-state index >= 15 is 0 Å². The second-order valence-corrected chi connectivity index (χ2v) is 18.6. The van der Waals surface area contributed by atoms with E-state index in [1.54, 1.807) is 16.3 Å². The number of pyridine rings is 1. The molecule has 2 aromatic carbocycles. The Kier molecular flexibility index (Phi) is 6.96. The van der Waals surface area contributed by atoms with Gasteiger partial charge in [0.2, 0.25) is 5.69 Å². The molecule has 0 aliphatic heterocycles. The minimum Gasteiger partial charge on any atom is -0.200 e. The van der Waals surface area contributed by atoms with Gasteiger partial charge in [0.15, 0.2) is 6.20 Å². The lowest BCUT2D eigenvalue weighted by Gasteiger charge is -2.31. The highest BCUT2D eigenvalue weighted by molar-refractivity contribution is 6.90. The fourth-order valence-corrected chi connectivity index (χ4v) is 11.7. The first-order valence-electron chi connectivity index (χ1n) is 14.6. The summed E-state index contributed by atoms with van der Waals surface area (Å²) < 4.78 is 2.39. The predicted molar refractivity (Wildman–Crippen MR) is 159 cm³/mol. The number of nitrogens with zero attached hydrogens (tertiary/aromatic N) is 1.